The van der Waals surface area contributed by atoms with Crippen LogP contribution in [0.2, 0.25) is 5.02 Å². The van der Waals surface area contributed by atoms with Crippen LogP contribution in [0.1, 0.15) is 74.1 Å². The molecule has 1 aliphatic rings. The van der Waals surface area contributed by atoms with Gasteiger partial charge in [-0.2, -0.15) is 0 Å². The molecule has 1 aliphatic heterocycles. The number of amides is 1. The van der Waals surface area contributed by atoms with E-state index in [-0.39, 0.29) is 24.2 Å². The topological polar surface area (TPSA) is 88.8 Å². The van der Waals surface area contributed by atoms with Crippen LogP contribution >= 0.6 is 11.6 Å². The van der Waals surface area contributed by atoms with Gasteiger partial charge in [0.2, 0.25) is 5.91 Å². The van der Waals surface area contributed by atoms with Gasteiger partial charge in [-0.05, 0) is 74.2 Å². The van der Waals surface area contributed by atoms with Crippen LogP contribution < -0.4 is 9.64 Å². The molecule has 1 aromatic heterocycles. The van der Waals surface area contributed by atoms with E-state index in [0.717, 1.165) is 40.6 Å². The highest BCUT2D eigenvalue weighted by atomic mass is 35.5. The summed E-state index contributed by atoms with van der Waals surface area (Å²) < 4.78 is 8.39. The van der Waals surface area contributed by atoms with Gasteiger partial charge in [0.05, 0.1) is 11.5 Å². The Morgan fingerprint density at radius 1 is 1.05 bits per heavy atom. The van der Waals surface area contributed by atoms with Gasteiger partial charge in [-0.15, -0.1) is 0 Å². The first-order valence-corrected chi connectivity index (χ1v) is 15.5. The molecule has 1 atom stereocenters. The van der Waals surface area contributed by atoms with Crippen molar-refractivity contribution in [2.24, 2.45) is 5.41 Å². The predicted molar refractivity (Wildman–Crippen MR) is 174 cm³/mol. The molecule has 3 aromatic carbocycles. The minimum absolute atomic E-state index is 0.00552. The fraction of sp³-hybridized carbons (Fsp3) is 0.361. The molecular formula is C36H39ClN2O5. The van der Waals surface area contributed by atoms with Gasteiger partial charge in [0, 0.05) is 59.2 Å². The van der Waals surface area contributed by atoms with Gasteiger partial charge in [-0.1, -0.05) is 55.3 Å². The van der Waals surface area contributed by atoms with Crippen LogP contribution in [0.4, 0.5) is 5.69 Å². The van der Waals surface area contributed by atoms with Crippen molar-refractivity contribution in [2.45, 2.75) is 72.4 Å². The normalized spacial score (nSPS) is 14.6. The smallest absolute Gasteiger partial charge is 0.309 e. The van der Waals surface area contributed by atoms with Crippen molar-refractivity contribution in [1.82, 2.24) is 4.57 Å². The number of unbranched alkanes of at least 4 members (excludes halogenated alkanes) is 1. The monoisotopic (exact) mass is 614 g/mol. The number of benzene rings is 3. The van der Waals surface area contributed by atoms with Crippen LogP contribution in [0, 0.1) is 5.41 Å². The Morgan fingerprint density at radius 3 is 2.45 bits per heavy atom. The summed E-state index contributed by atoms with van der Waals surface area (Å²) >= 11 is 6.15. The molecule has 1 amide bonds. The molecule has 7 nitrogen and oxygen atoms in total. The number of ether oxygens (including phenoxy) is 1. The number of Topliss-reactive ketones (excluding diaryl/α,β-unsaturated/α-hetero) is 1. The number of aromatic nitrogens is 1. The van der Waals surface area contributed by atoms with Crippen LogP contribution in [-0.4, -0.2) is 40.0 Å². The number of carboxylic acids is 1. The number of anilines is 1. The number of nitrogens with zero attached hydrogens (tertiary/aromatic N) is 2. The second-order valence-electron chi connectivity index (χ2n) is 12.3. The molecule has 1 N–H and O–H groups in total. The highest BCUT2D eigenvalue weighted by Crippen LogP contribution is 2.37. The molecule has 4 aromatic rings. The average molecular weight is 615 g/mol. The Bertz CT molecular complexity index is 1710. The summed E-state index contributed by atoms with van der Waals surface area (Å²) in [4.78, 5) is 40.5. The molecule has 0 spiro atoms. The maximum absolute atomic E-state index is 13.9. The fourth-order valence-corrected chi connectivity index (χ4v) is 6.22. The number of para-hydroxylation sites is 1. The Balaban J connectivity index is 1.57. The molecule has 5 rings (SSSR count). The average Bonchev–Trinajstić information content (AvgIpc) is 3.50. The van der Waals surface area contributed by atoms with E-state index in [1.54, 1.807) is 25.7 Å². The van der Waals surface area contributed by atoms with Crippen molar-refractivity contribution in [3.8, 4) is 5.75 Å². The summed E-state index contributed by atoms with van der Waals surface area (Å²) in [6.45, 7) is 7.74. The number of carbonyl (C=O) groups is 3. The molecule has 44 heavy (non-hydrogen) atoms. The summed E-state index contributed by atoms with van der Waals surface area (Å²) in [6, 6.07) is 21.0. The Kier molecular flexibility index (Phi) is 9.16. The SMILES string of the molecule is CCCCC(=O)c1c(CC(C)(C)C(=O)O)n(Cc2ccc(Cl)cc2)c2ccc(OC[C@@H]3Cc4ccccc4N3C(C)=O)cc12. The van der Waals surface area contributed by atoms with Crippen molar-refractivity contribution in [3.05, 3.63) is 94.1 Å². The molecular weight excluding hydrogens is 576 g/mol. The van der Waals surface area contributed by atoms with Crippen LogP contribution in [0.3, 0.4) is 0 Å². The lowest BCUT2D eigenvalue weighted by atomic mass is 9.85. The van der Waals surface area contributed by atoms with Crippen molar-refractivity contribution in [1.29, 1.82) is 0 Å². The first-order chi connectivity index (χ1) is 21.0. The number of hydrogen-bond acceptors (Lipinski definition) is 4. The van der Waals surface area contributed by atoms with E-state index in [9.17, 15) is 19.5 Å². The molecule has 0 fully saturated rings. The van der Waals surface area contributed by atoms with E-state index in [1.807, 2.05) is 73.7 Å². The van der Waals surface area contributed by atoms with Crippen LogP contribution in [0.5, 0.6) is 5.75 Å². The van der Waals surface area contributed by atoms with Crippen LogP contribution in [0.25, 0.3) is 10.9 Å². The summed E-state index contributed by atoms with van der Waals surface area (Å²) in [5.41, 5.74) is 4.01. The number of fused-ring (bicyclic) bond motifs is 2. The number of ketones is 1. The van der Waals surface area contributed by atoms with Gasteiger partial charge in [-0.3, -0.25) is 14.4 Å². The number of rotatable bonds is 12. The van der Waals surface area contributed by atoms with E-state index in [4.69, 9.17) is 16.3 Å². The first kappa shape index (κ1) is 31.3. The van der Waals surface area contributed by atoms with Gasteiger partial charge in [0.15, 0.2) is 5.78 Å². The van der Waals surface area contributed by atoms with Crippen molar-refractivity contribution in [2.75, 3.05) is 11.5 Å². The molecule has 8 heteroatoms. The van der Waals surface area contributed by atoms with Gasteiger partial charge < -0.3 is 19.3 Å². The van der Waals surface area contributed by atoms with Crippen LogP contribution in [-0.2, 0) is 29.0 Å². The van der Waals surface area contributed by atoms with E-state index in [0.29, 0.717) is 48.0 Å². The minimum Gasteiger partial charge on any atom is -0.491 e. The summed E-state index contributed by atoms with van der Waals surface area (Å²) in [7, 11) is 0. The van der Waals surface area contributed by atoms with Gasteiger partial charge >= 0.3 is 5.97 Å². The molecule has 0 bridgehead atoms. The molecule has 0 saturated heterocycles. The zero-order chi connectivity index (χ0) is 31.6. The third-order valence-electron chi connectivity index (χ3n) is 8.47. The summed E-state index contributed by atoms with van der Waals surface area (Å²) in [5.74, 6) is -0.375. The minimum atomic E-state index is -1.10. The van der Waals surface area contributed by atoms with E-state index in [1.165, 1.54) is 0 Å². The van der Waals surface area contributed by atoms with E-state index >= 15 is 0 Å². The zero-order valence-electron chi connectivity index (χ0n) is 25.7. The van der Waals surface area contributed by atoms with Gasteiger partial charge in [0.1, 0.15) is 12.4 Å². The molecule has 0 saturated carbocycles. The maximum Gasteiger partial charge on any atom is 0.309 e. The predicted octanol–water partition coefficient (Wildman–Crippen LogP) is 7.73. The van der Waals surface area contributed by atoms with Crippen molar-refractivity contribution in [3.63, 3.8) is 0 Å². The van der Waals surface area contributed by atoms with Crippen LogP contribution in [0.15, 0.2) is 66.7 Å². The number of carboxylic acid groups (broad SMARTS) is 1. The largest absolute Gasteiger partial charge is 0.491 e. The summed E-state index contributed by atoms with van der Waals surface area (Å²) in [5, 5.41) is 11.4. The van der Waals surface area contributed by atoms with Crippen molar-refractivity contribution >= 4 is 45.9 Å². The van der Waals surface area contributed by atoms with E-state index < -0.39 is 11.4 Å². The second kappa shape index (κ2) is 12.9. The number of carbonyl (C=O) groups excluding carboxylic acids is 2. The molecule has 0 aliphatic carbocycles. The molecule has 0 radical (unpaired) electrons. The third kappa shape index (κ3) is 6.39. The summed E-state index contributed by atoms with van der Waals surface area (Å²) in [6.07, 6.45) is 2.86. The molecule has 2 heterocycles. The number of hydrogen-bond donors (Lipinski definition) is 1. The number of aliphatic carboxylic acids is 1. The Hall–Kier alpha value is -4.10. The first-order valence-electron chi connectivity index (χ1n) is 15.2. The van der Waals surface area contributed by atoms with Gasteiger partial charge in [-0.25, -0.2) is 0 Å². The lowest BCUT2D eigenvalue weighted by Crippen LogP contribution is -2.40. The van der Waals surface area contributed by atoms with Gasteiger partial charge in [0.25, 0.3) is 0 Å². The Morgan fingerprint density at radius 2 is 1.77 bits per heavy atom. The standard InChI is InChI=1S/C36H39ClN2O5/c1-5-6-11-33(41)34-29-19-28(44-22-27-18-25-9-7-8-10-30(25)39(27)23(2)40)16-17-31(29)38(21-24-12-14-26(37)15-13-24)32(34)20-36(3,4)35(42)43/h7-10,12-17,19,27H,5-6,11,18,20-22H2,1-4H3,(H,42,43)/t27-/m0/s1. The molecule has 0 unspecified atom stereocenters. The maximum atomic E-state index is 13.9. The second-order valence-corrected chi connectivity index (χ2v) is 12.7. The van der Waals surface area contributed by atoms with Crippen molar-refractivity contribution < 1.29 is 24.2 Å². The lowest BCUT2D eigenvalue weighted by molar-refractivity contribution is -0.146. The van der Waals surface area contributed by atoms with E-state index in [2.05, 4.69) is 4.57 Å². The highest BCUT2D eigenvalue weighted by molar-refractivity contribution is 6.30. The fourth-order valence-electron chi connectivity index (χ4n) is 6.09. The lowest BCUT2D eigenvalue weighted by Gasteiger charge is -2.24. The Labute approximate surface area is 263 Å². The molecule has 230 valence electrons. The number of halogens is 1. The zero-order valence-corrected chi connectivity index (χ0v) is 26.5. The third-order valence-corrected chi connectivity index (χ3v) is 8.73. The highest BCUT2D eigenvalue weighted by Gasteiger charge is 2.34. The quantitative estimate of drug-likeness (QED) is 0.165.